The normalized spacial score (nSPS) is 10.3. The van der Waals surface area contributed by atoms with Crippen LogP contribution in [0.25, 0.3) is 0 Å². The molecule has 0 saturated heterocycles. The highest BCUT2D eigenvalue weighted by Gasteiger charge is 2.05. The van der Waals surface area contributed by atoms with Gasteiger partial charge >= 0.3 is 0 Å². The second-order valence-electron chi connectivity index (χ2n) is 4.30. The summed E-state index contributed by atoms with van der Waals surface area (Å²) in [7, 11) is 0. The van der Waals surface area contributed by atoms with Gasteiger partial charge in [0, 0.05) is 13.1 Å². The average Bonchev–Trinajstić information content (AvgIpc) is 2.45. The Morgan fingerprint density at radius 3 is 2.90 bits per heavy atom. The van der Waals surface area contributed by atoms with Gasteiger partial charge in [0.2, 0.25) is 5.95 Å². The van der Waals surface area contributed by atoms with Crippen LogP contribution in [0.15, 0.2) is 30.5 Å². The lowest BCUT2D eigenvalue weighted by molar-refractivity contribution is 0.626. The van der Waals surface area contributed by atoms with E-state index in [0.29, 0.717) is 23.3 Å². The van der Waals surface area contributed by atoms with E-state index in [-0.39, 0.29) is 5.82 Å². The van der Waals surface area contributed by atoms with Crippen molar-refractivity contribution in [1.29, 1.82) is 0 Å². The lowest BCUT2D eigenvalue weighted by Gasteiger charge is -2.09. The third-order valence-corrected chi connectivity index (χ3v) is 2.90. The number of hydrogen-bond acceptors (Lipinski definition) is 4. The van der Waals surface area contributed by atoms with Crippen LogP contribution in [-0.2, 0) is 6.54 Å². The van der Waals surface area contributed by atoms with Crippen molar-refractivity contribution in [2.45, 2.75) is 19.9 Å². The Labute approximate surface area is 122 Å². The van der Waals surface area contributed by atoms with E-state index in [2.05, 4.69) is 27.5 Å². The molecule has 1 heterocycles. The van der Waals surface area contributed by atoms with Crippen LogP contribution in [0.3, 0.4) is 0 Å². The molecular weight excluding hydrogens is 279 g/mol. The van der Waals surface area contributed by atoms with Crippen molar-refractivity contribution in [1.82, 2.24) is 9.97 Å². The standard InChI is InChI=1S/C14H16ClFN4/c1-2-6-17-14-19-9-12(15)13(20-14)18-8-10-4-3-5-11(16)7-10/h3-5,7,9H,2,6,8H2,1H3,(H2,17,18,19,20). The van der Waals surface area contributed by atoms with Crippen LogP contribution in [0, 0.1) is 5.82 Å². The molecule has 4 nitrogen and oxygen atoms in total. The number of rotatable bonds is 6. The summed E-state index contributed by atoms with van der Waals surface area (Å²) >= 11 is 6.04. The van der Waals surface area contributed by atoms with E-state index in [1.165, 1.54) is 12.1 Å². The lowest BCUT2D eigenvalue weighted by Crippen LogP contribution is -2.08. The Kier molecular flexibility index (Phi) is 5.12. The number of nitrogens with zero attached hydrogens (tertiary/aromatic N) is 2. The fourth-order valence-corrected chi connectivity index (χ4v) is 1.80. The first-order chi connectivity index (χ1) is 9.69. The third-order valence-electron chi connectivity index (χ3n) is 2.63. The van der Waals surface area contributed by atoms with E-state index >= 15 is 0 Å². The van der Waals surface area contributed by atoms with Crippen molar-refractivity contribution >= 4 is 23.4 Å². The Morgan fingerprint density at radius 2 is 2.15 bits per heavy atom. The fraction of sp³-hybridized carbons (Fsp3) is 0.286. The molecule has 0 aliphatic rings. The molecule has 1 aromatic heterocycles. The van der Waals surface area contributed by atoms with Crippen molar-refractivity contribution < 1.29 is 4.39 Å². The van der Waals surface area contributed by atoms with Crippen molar-refractivity contribution in [3.05, 3.63) is 46.9 Å². The smallest absolute Gasteiger partial charge is 0.224 e. The molecule has 2 N–H and O–H groups in total. The molecule has 0 saturated carbocycles. The molecule has 106 valence electrons. The topological polar surface area (TPSA) is 49.8 Å². The van der Waals surface area contributed by atoms with E-state index in [9.17, 15) is 4.39 Å². The minimum Gasteiger partial charge on any atom is -0.365 e. The first-order valence-electron chi connectivity index (χ1n) is 6.43. The zero-order valence-electron chi connectivity index (χ0n) is 11.2. The van der Waals surface area contributed by atoms with Gasteiger partial charge in [-0.15, -0.1) is 0 Å². The second kappa shape index (κ2) is 7.05. The van der Waals surface area contributed by atoms with E-state index in [4.69, 9.17) is 11.6 Å². The number of halogens is 2. The Bertz CT molecular complexity index is 577. The zero-order valence-corrected chi connectivity index (χ0v) is 11.9. The van der Waals surface area contributed by atoms with E-state index in [1.807, 2.05) is 6.07 Å². The van der Waals surface area contributed by atoms with E-state index in [0.717, 1.165) is 18.5 Å². The SMILES string of the molecule is CCCNc1ncc(Cl)c(NCc2cccc(F)c2)n1. The van der Waals surface area contributed by atoms with Crippen molar-refractivity contribution in [3.63, 3.8) is 0 Å². The summed E-state index contributed by atoms with van der Waals surface area (Å²) in [5, 5.41) is 6.61. The molecule has 2 rings (SSSR count). The van der Waals surface area contributed by atoms with Gasteiger partial charge < -0.3 is 10.6 Å². The molecule has 0 aliphatic heterocycles. The van der Waals surface area contributed by atoms with Gasteiger partial charge in [-0.3, -0.25) is 0 Å². The highest BCUT2D eigenvalue weighted by atomic mass is 35.5. The predicted molar refractivity (Wildman–Crippen MR) is 79.5 cm³/mol. The van der Waals surface area contributed by atoms with Gasteiger partial charge in [-0.2, -0.15) is 4.98 Å². The Morgan fingerprint density at radius 1 is 1.30 bits per heavy atom. The van der Waals surface area contributed by atoms with Crippen molar-refractivity contribution in [3.8, 4) is 0 Å². The molecule has 0 amide bonds. The molecule has 6 heteroatoms. The highest BCUT2D eigenvalue weighted by Crippen LogP contribution is 2.20. The van der Waals surface area contributed by atoms with Gasteiger partial charge in [0.15, 0.2) is 5.82 Å². The summed E-state index contributed by atoms with van der Waals surface area (Å²) in [6, 6.07) is 6.38. The van der Waals surface area contributed by atoms with Crippen LogP contribution in [0.2, 0.25) is 5.02 Å². The third kappa shape index (κ3) is 4.06. The van der Waals surface area contributed by atoms with Crippen LogP contribution in [0.1, 0.15) is 18.9 Å². The fourth-order valence-electron chi connectivity index (χ4n) is 1.65. The van der Waals surface area contributed by atoms with Gasteiger partial charge in [-0.05, 0) is 24.1 Å². The molecule has 0 atom stereocenters. The highest BCUT2D eigenvalue weighted by molar-refractivity contribution is 6.32. The van der Waals surface area contributed by atoms with Crippen LogP contribution in [0.5, 0.6) is 0 Å². The average molecular weight is 295 g/mol. The number of anilines is 2. The molecular formula is C14H16ClFN4. The van der Waals surface area contributed by atoms with Gasteiger partial charge in [0.1, 0.15) is 10.8 Å². The molecule has 0 bridgehead atoms. The molecule has 0 aliphatic carbocycles. The number of hydrogen-bond donors (Lipinski definition) is 2. The van der Waals surface area contributed by atoms with Gasteiger partial charge in [0.05, 0.1) is 6.20 Å². The minimum absolute atomic E-state index is 0.261. The molecule has 20 heavy (non-hydrogen) atoms. The van der Waals surface area contributed by atoms with Crippen LogP contribution in [0.4, 0.5) is 16.2 Å². The summed E-state index contributed by atoms with van der Waals surface area (Å²) in [6.07, 6.45) is 2.53. The molecule has 1 aromatic carbocycles. The molecule has 0 spiro atoms. The van der Waals surface area contributed by atoms with Gasteiger partial charge in [-0.25, -0.2) is 9.37 Å². The van der Waals surface area contributed by atoms with E-state index in [1.54, 1.807) is 12.3 Å². The second-order valence-corrected chi connectivity index (χ2v) is 4.71. The summed E-state index contributed by atoms with van der Waals surface area (Å²) in [4.78, 5) is 8.38. The Balaban J connectivity index is 2.04. The lowest BCUT2D eigenvalue weighted by atomic mass is 10.2. The first kappa shape index (κ1) is 14.5. The maximum absolute atomic E-state index is 13.1. The summed E-state index contributed by atoms with van der Waals surface area (Å²) < 4.78 is 13.1. The largest absolute Gasteiger partial charge is 0.365 e. The van der Waals surface area contributed by atoms with E-state index < -0.39 is 0 Å². The number of benzene rings is 1. The molecule has 0 unspecified atom stereocenters. The van der Waals surface area contributed by atoms with Crippen LogP contribution in [-0.4, -0.2) is 16.5 Å². The molecule has 0 fully saturated rings. The summed E-state index contributed by atoms with van der Waals surface area (Å²) in [6.45, 7) is 3.30. The maximum atomic E-state index is 13.1. The molecule has 0 radical (unpaired) electrons. The van der Waals surface area contributed by atoms with Crippen LogP contribution < -0.4 is 10.6 Å². The number of aromatic nitrogens is 2. The molecule has 2 aromatic rings. The Hall–Kier alpha value is -1.88. The monoisotopic (exact) mass is 294 g/mol. The predicted octanol–water partition coefficient (Wildman–Crippen LogP) is 3.70. The first-order valence-corrected chi connectivity index (χ1v) is 6.81. The maximum Gasteiger partial charge on any atom is 0.224 e. The van der Waals surface area contributed by atoms with Crippen molar-refractivity contribution in [2.75, 3.05) is 17.2 Å². The van der Waals surface area contributed by atoms with Crippen LogP contribution >= 0.6 is 11.6 Å². The number of nitrogens with one attached hydrogen (secondary N) is 2. The quantitative estimate of drug-likeness (QED) is 0.853. The summed E-state index contributed by atoms with van der Waals surface area (Å²) in [5.74, 6) is 0.797. The minimum atomic E-state index is -0.261. The zero-order chi connectivity index (χ0) is 14.4. The van der Waals surface area contributed by atoms with Gasteiger partial charge in [-0.1, -0.05) is 30.7 Å². The van der Waals surface area contributed by atoms with Gasteiger partial charge in [0.25, 0.3) is 0 Å². The van der Waals surface area contributed by atoms with Crippen molar-refractivity contribution in [2.24, 2.45) is 0 Å². The summed E-state index contributed by atoms with van der Waals surface area (Å²) in [5.41, 5.74) is 0.822.